The number of benzene rings is 3. The molecule has 246 valence electrons. The van der Waals surface area contributed by atoms with Crippen LogP contribution in [0.3, 0.4) is 0 Å². The predicted octanol–water partition coefficient (Wildman–Crippen LogP) is 7.13. The van der Waals surface area contributed by atoms with Gasteiger partial charge in [-0.25, -0.2) is 4.79 Å². The molecule has 1 saturated heterocycles. The van der Waals surface area contributed by atoms with Crippen LogP contribution in [0, 0.1) is 0 Å². The number of imidazole rings is 1. The molecule has 11 nitrogen and oxygen atoms in total. The number of amides is 2. The van der Waals surface area contributed by atoms with Gasteiger partial charge in [-0.2, -0.15) is 4.98 Å². The lowest BCUT2D eigenvalue weighted by molar-refractivity contribution is -0.123. The van der Waals surface area contributed by atoms with E-state index in [1.807, 2.05) is 0 Å². The van der Waals surface area contributed by atoms with E-state index in [2.05, 4.69) is 4.98 Å². The van der Waals surface area contributed by atoms with Crippen LogP contribution in [0.2, 0.25) is 20.1 Å². The molecule has 5 aromatic rings. The summed E-state index contributed by atoms with van der Waals surface area (Å²) in [7, 11) is 4.31. The molecule has 0 saturated carbocycles. The van der Waals surface area contributed by atoms with E-state index in [0.29, 0.717) is 36.8 Å². The lowest BCUT2D eigenvalue weighted by atomic mass is 10.1. The number of aromatic nitrogens is 4. The van der Waals surface area contributed by atoms with Gasteiger partial charge in [-0.05, 0) is 65.4 Å². The molecule has 0 bridgehead atoms. The Morgan fingerprint density at radius 1 is 0.854 bits per heavy atom. The van der Waals surface area contributed by atoms with Gasteiger partial charge >= 0.3 is 11.7 Å². The van der Waals surface area contributed by atoms with Gasteiger partial charge in [0.25, 0.3) is 16.7 Å². The molecule has 3 heterocycles. The first kappa shape index (κ1) is 33.7. The molecule has 48 heavy (non-hydrogen) atoms. The molecule has 16 heteroatoms. The van der Waals surface area contributed by atoms with Crippen molar-refractivity contribution in [1.29, 1.82) is 0 Å². The third kappa shape index (κ3) is 6.22. The van der Waals surface area contributed by atoms with Gasteiger partial charge in [0.1, 0.15) is 0 Å². The van der Waals surface area contributed by atoms with Crippen molar-refractivity contribution in [3.8, 4) is 17.5 Å². The van der Waals surface area contributed by atoms with E-state index in [1.54, 1.807) is 60.7 Å². The first-order valence-corrected chi connectivity index (χ1v) is 16.3. The lowest BCUT2D eigenvalue weighted by Gasteiger charge is -2.15. The zero-order valence-corrected chi connectivity index (χ0v) is 29.1. The Hall–Kier alpha value is -4.20. The number of carbonyl (C=O) groups excluding carboxylic acids is 2. The summed E-state index contributed by atoms with van der Waals surface area (Å²) in [6, 6.07) is 14.8. The van der Waals surface area contributed by atoms with Crippen molar-refractivity contribution in [3.05, 3.63) is 117 Å². The third-order valence-corrected chi connectivity index (χ3v) is 9.80. The Morgan fingerprint density at radius 2 is 1.58 bits per heavy atom. The van der Waals surface area contributed by atoms with Gasteiger partial charge in [-0.15, -0.1) is 0 Å². The van der Waals surface area contributed by atoms with Crippen molar-refractivity contribution in [3.63, 3.8) is 0 Å². The Kier molecular flexibility index (Phi) is 9.38. The van der Waals surface area contributed by atoms with Gasteiger partial charge in [0.05, 0.1) is 25.1 Å². The van der Waals surface area contributed by atoms with E-state index in [4.69, 9.17) is 55.9 Å². The topological polar surface area (TPSA) is 118 Å². The largest absolute Gasteiger partial charge is 0.493 e. The Labute approximate surface area is 296 Å². The smallest absolute Gasteiger partial charge is 0.332 e. The second-order valence-electron chi connectivity index (χ2n) is 10.6. The van der Waals surface area contributed by atoms with Crippen molar-refractivity contribution in [2.45, 2.75) is 13.1 Å². The van der Waals surface area contributed by atoms with Gasteiger partial charge in [-0.1, -0.05) is 64.6 Å². The monoisotopic (exact) mass is 745 g/mol. The summed E-state index contributed by atoms with van der Waals surface area (Å²) in [6.45, 7) is -0.0153. The molecule has 0 atom stereocenters. The van der Waals surface area contributed by atoms with Crippen LogP contribution in [0.4, 0.5) is 4.79 Å². The second kappa shape index (κ2) is 13.4. The zero-order chi connectivity index (χ0) is 34.4. The summed E-state index contributed by atoms with van der Waals surface area (Å²) in [6.07, 6.45) is 1.56. The zero-order valence-electron chi connectivity index (χ0n) is 25.3. The number of fused-ring (bicyclic) bond motifs is 1. The number of methoxy groups -OCH3 is 1. The average molecular weight is 747 g/mol. The summed E-state index contributed by atoms with van der Waals surface area (Å²) >= 11 is 25.9. The first-order chi connectivity index (χ1) is 22.9. The maximum absolute atomic E-state index is 13.3. The number of hydrogen-bond donors (Lipinski definition) is 0. The van der Waals surface area contributed by atoms with Gasteiger partial charge in [-0.3, -0.25) is 33.0 Å². The summed E-state index contributed by atoms with van der Waals surface area (Å²) < 4.78 is 15.6. The van der Waals surface area contributed by atoms with Crippen molar-refractivity contribution >= 4 is 86.6 Å². The van der Waals surface area contributed by atoms with Crippen LogP contribution >= 0.6 is 58.2 Å². The number of halogens is 4. The number of nitrogens with zero attached hydrogens (tertiary/aromatic N) is 5. The van der Waals surface area contributed by atoms with Gasteiger partial charge < -0.3 is 9.47 Å². The van der Waals surface area contributed by atoms with Crippen LogP contribution in [0.25, 0.3) is 17.2 Å². The average Bonchev–Trinajstić information content (AvgIpc) is 3.54. The van der Waals surface area contributed by atoms with E-state index in [-0.39, 0.29) is 46.7 Å². The lowest BCUT2D eigenvalue weighted by Crippen LogP contribution is -2.37. The summed E-state index contributed by atoms with van der Waals surface area (Å²) in [5.74, 6) is -0.0190. The number of ether oxygens (including phenoxy) is 2. The van der Waals surface area contributed by atoms with Gasteiger partial charge in [0.15, 0.2) is 22.7 Å². The van der Waals surface area contributed by atoms with Crippen LogP contribution in [-0.2, 0) is 32.0 Å². The molecular formula is C32H23Cl4N5O6S. The fourth-order valence-corrected chi connectivity index (χ4v) is 6.88. The molecule has 0 spiro atoms. The highest BCUT2D eigenvalue weighted by molar-refractivity contribution is 8.18. The van der Waals surface area contributed by atoms with E-state index < -0.39 is 22.4 Å². The standard InChI is InChI=1S/C32H23Cl4N5O6S/c1-38-27-26(29(43)39(2)31(38)44)40(14-17-8-9-18(33)13-22(17)36)30(37-27)47-23-10-7-16(11-24(23)46-3)12-25-28(42)41(32(45)48-25)15-19-20(34)5-4-6-21(19)35/h4-13H,14-15H2,1-3H3. The van der Waals surface area contributed by atoms with E-state index in [1.165, 1.54) is 30.3 Å². The number of carbonyl (C=O) groups is 2. The van der Waals surface area contributed by atoms with Crippen molar-refractivity contribution in [2.24, 2.45) is 14.1 Å². The molecule has 6 rings (SSSR count). The van der Waals surface area contributed by atoms with Crippen molar-refractivity contribution < 1.29 is 19.1 Å². The number of hydrogen-bond acceptors (Lipinski definition) is 8. The predicted molar refractivity (Wildman–Crippen MR) is 187 cm³/mol. The molecule has 2 aromatic heterocycles. The highest BCUT2D eigenvalue weighted by Crippen LogP contribution is 2.38. The highest BCUT2D eigenvalue weighted by atomic mass is 35.5. The Morgan fingerprint density at radius 3 is 2.27 bits per heavy atom. The molecule has 0 unspecified atom stereocenters. The Bertz CT molecular complexity index is 2300. The molecule has 2 amide bonds. The normalized spacial score (nSPS) is 14.1. The highest BCUT2D eigenvalue weighted by Gasteiger charge is 2.36. The molecule has 0 aliphatic carbocycles. The summed E-state index contributed by atoms with van der Waals surface area (Å²) in [5, 5.41) is 1.03. The quantitative estimate of drug-likeness (QED) is 0.154. The SMILES string of the molecule is COc1cc(C=C2SC(=O)N(Cc3c(Cl)cccc3Cl)C2=O)ccc1Oc1nc2c(c(=O)n(C)c(=O)n2C)n1Cc1ccc(Cl)cc1Cl. The second-order valence-corrected chi connectivity index (χ2v) is 13.2. The molecular weight excluding hydrogens is 724 g/mol. The molecule has 1 aliphatic heterocycles. The summed E-state index contributed by atoms with van der Waals surface area (Å²) in [5.41, 5.74) is 0.711. The minimum atomic E-state index is -0.575. The Balaban J connectivity index is 1.35. The molecule has 0 radical (unpaired) electrons. The number of rotatable bonds is 8. The fraction of sp³-hybridized carbons (Fsp3) is 0.156. The van der Waals surface area contributed by atoms with E-state index in [9.17, 15) is 19.2 Å². The number of thioether (sulfide) groups is 1. The number of aryl methyl sites for hydroxylation is 1. The molecule has 1 fully saturated rings. The maximum atomic E-state index is 13.3. The molecule has 0 N–H and O–H groups in total. The number of imide groups is 1. The maximum Gasteiger partial charge on any atom is 0.332 e. The van der Waals surface area contributed by atoms with Crippen LogP contribution < -0.4 is 20.7 Å². The van der Waals surface area contributed by atoms with Crippen LogP contribution in [0.15, 0.2) is 69.1 Å². The minimum absolute atomic E-state index is 0.0141. The third-order valence-electron chi connectivity index (χ3n) is 7.59. The van der Waals surface area contributed by atoms with E-state index in [0.717, 1.165) is 21.2 Å². The first-order valence-electron chi connectivity index (χ1n) is 14.0. The summed E-state index contributed by atoms with van der Waals surface area (Å²) in [4.78, 5) is 57.8. The van der Waals surface area contributed by atoms with Gasteiger partial charge in [0.2, 0.25) is 0 Å². The van der Waals surface area contributed by atoms with E-state index >= 15 is 0 Å². The molecule has 3 aromatic carbocycles. The minimum Gasteiger partial charge on any atom is -0.493 e. The molecule has 1 aliphatic rings. The van der Waals surface area contributed by atoms with Crippen molar-refractivity contribution in [1.82, 2.24) is 23.6 Å². The van der Waals surface area contributed by atoms with Crippen LogP contribution in [-0.4, -0.2) is 41.8 Å². The van der Waals surface area contributed by atoms with Gasteiger partial charge in [0, 0.05) is 39.7 Å². The fourth-order valence-electron chi connectivity index (χ4n) is 5.06. The van der Waals surface area contributed by atoms with Crippen LogP contribution in [0.1, 0.15) is 16.7 Å². The van der Waals surface area contributed by atoms with Crippen LogP contribution in [0.5, 0.6) is 17.5 Å². The van der Waals surface area contributed by atoms with Crippen molar-refractivity contribution in [2.75, 3.05) is 7.11 Å².